The van der Waals surface area contributed by atoms with Crippen molar-refractivity contribution in [2.45, 2.75) is 19.4 Å². The van der Waals surface area contributed by atoms with Crippen molar-refractivity contribution in [1.29, 1.82) is 0 Å². The normalized spacial score (nSPS) is 12.6. The lowest BCUT2D eigenvalue weighted by Gasteiger charge is -2.02. The number of nitrogens with one attached hydrogen (secondary N) is 1. The number of aromatic nitrogens is 2. The van der Waals surface area contributed by atoms with Gasteiger partial charge in [-0.3, -0.25) is 0 Å². The molecular formula is C12H14ClN3O. The summed E-state index contributed by atoms with van der Waals surface area (Å²) in [5.74, 6) is 1.24. The van der Waals surface area contributed by atoms with Gasteiger partial charge >= 0.3 is 0 Å². The first-order valence-corrected chi connectivity index (χ1v) is 5.81. The number of benzene rings is 1. The van der Waals surface area contributed by atoms with E-state index in [-0.39, 0.29) is 6.04 Å². The Kier molecular flexibility index (Phi) is 3.76. The molecule has 90 valence electrons. The summed E-state index contributed by atoms with van der Waals surface area (Å²) in [6.45, 7) is 1.98. The Morgan fingerprint density at radius 1 is 1.41 bits per heavy atom. The largest absolute Gasteiger partial charge is 0.339 e. The van der Waals surface area contributed by atoms with E-state index in [2.05, 4.69) is 15.5 Å². The number of hydrogen-bond donors (Lipinski definition) is 1. The van der Waals surface area contributed by atoms with Crippen molar-refractivity contribution in [3.63, 3.8) is 0 Å². The van der Waals surface area contributed by atoms with Gasteiger partial charge in [-0.15, -0.1) is 0 Å². The predicted octanol–water partition coefficient (Wildman–Crippen LogP) is 2.59. The van der Waals surface area contributed by atoms with Crippen LogP contribution < -0.4 is 5.32 Å². The number of hydrogen-bond acceptors (Lipinski definition) is 4. The molecule has 0 fully saturated rings. The lowest BCUT2D eigenvalue weighted by molar-refractivity contribution is 0.374. The van der Waals surface area contributed by atoms with E-state index in [0.29, 0.717) is 23.2 Å². The molecule has 4 nitrogen and oxygen atoms in total. The molecule has 0 bridgehead atoms. The van der Waals surface area contributed by atoms with Crippen LogP contribution in [0.2, 0.25) is 5.02 Å². The summed E-state index contributed by atoms with van der Waals surface area (Å²) in [5, 5.41) is 7.70. The van der Waals surface area contributed by atoms with Crippen LogP contribution in [0.15, 0.2) is 28.8 Å². The fraction of sp³-hybridized carbons (Fsp3) is 0.333. The molecule has 17 heavy (non-hydrogen) atoms. The zero-order valence-electron chi connectivity index (χ0n) is 9.77. The molecule has 1 aromatic carbocycles. The van der Waals surface area contributed by atoms with Crippen LogP contribution in [0.1, 0.15) is 30.2 Å². The first kappa shape index (κ1) is 12.1. The molecule has 0 amide bonds. The first-order chi connectivity index (χ1) is 8.20. The van der Waals surface area contributed by atoms with Gasteiger partial charge in [-0.1, -0.05) is 35.0 Å². The molecule has 1 aromatic heterocycles. The number of rotatable bonds is 4. The topological polar surface area (TPSA) is 51.0 Å². The average molecular weight is 252 g/mol. The van der Waals surface area contributed by atoms with Gasteiger partial charge in [0, 0.05) is 5.02 Å². The second kappa shape index (κ2) is 5.29. The van der Waals surface area contributed by atoms with E-state index in [0.717, 1.165) is 5.56 Å². The minimum Gasteiger partial charge on any atom is -0.339 e. The lowest BCUT2D eigenvalue weighted by atomic mass is 10.1. The summed E-state index contributed by atoms with van der Waals surface area (Å²) in [7, 11) is 1.86. The van der Waals surface area contributed by atoms with E-state index in [1.165, 1.54) is 0 Å². The highest BCUT2D eigenvalue weighted by molar-refractivity contribution is 6.31. The second-order valence-electron chi connectivity index (χ2n) is 3.82. The van der Waals surface area contributed by atoms with Gasteiger partial charge in [-0.25, -0.2) is 0 Å². The number of halogens is 1. The first-order valence-electron chi connectivity index (χ1n) is 5.44. The quantitative estimate of drug-likeness (QED) is 0.908. The van der Waals surface area contributed by atoms with Crippen LogP contribution in [0.4, 0.5) is 0 Å². The highest BCUT2D eigenvalue weighted by atomic mass is 35.5. The number of nitrogens with zero attached hydrogens (tertiary/aromatic N) is 2. The molecule has 5 heteroatoms. The Labute approximate surface area is 105 Å². The lowest BCUT2D eigenvalue weighted by Crippen LogP contribution is -2.13. The minimum atomic E-state index is 0.0822. The molecule has 1 N–H and O–H groups in total. The van der Waals surface area contributed by atoms with Crippen molar-refractivity contribution in [2.75, 3.05) is 7.05 Å². The van der Waals surface area contributed by atoms with Crippen LogP contribution in [0.5, 0.6) is 0 Å². The van der Waals surface area contributed by atoms with Crippen LogP contribution in [-0.2, 0) is 6.42 Å². The Bertz CT molecular complexity index is 498. The smallest absolute Gasteiger partial charge is 0.231 e. The molecule has 0 spiro atoms. The maximum atomic E-state index is 6.07. The van der Waals surface area contributed by atoms with Crippen molar-refractivity contribution in [1.82, 2.24) is 15.5 Å². The predicted molar refractivity (Wildman–Crippen MR) is 66.0 cm³/mol. The Morgan fingerprint density at radius 3 is 2.88 bits per heavy atom. The van der Waals surface area contributed by atoms with Gasteiger partial charge in [0.25, 0.3) is 0 Å². The van der Waals surface area contributed by atoms with Crippen LogP contribution in [-0.4, -0.2) is 17.2 Å². The fourth-order valence-electron chi connectivity index (χ4n) is 1.45. The van der Waals surface area contributed by atoms with Crippen molar-refractivity contribution in [3.05, 3.63) is 46.6 Å². The molecule has 0 aliphatic rings. The van der Waals surface area contributed by atoms with Crippen LogP contribution in [0, 0.1) is 0 Å². The summed E-state index contributed by atoms with van der Waals surface area (Å²) in [6, 6.07) is 7.72. The van der Waals surface area contributed by atoms with Gasteiger partial charge in [0.1, 0.15) is 0 Å². The third-order valence-corrected chi connectivity index (χ3v) is 2.97. The van der Waals surface area contributed by atoms with Gasteiger partial charge in [0.15, 0.2) is 5.82 Å². The van der Waals surface area contributed by atoms with Gasteiger partial charge in [0.2, 0.25) is 5.89 Å². The molecule has 0 saturated heterocycles. The molecule has 0 saturated carbocycles. The van der Waals surface area contributed by atoms with Gasteiger partial charge in [-0.05, 0) is 25.6 Å². The van der Waals surface area contributed by atoms with E-state index < -0.39 is 0 Å². The molecular weight excluding hydrogens is 238 g/mol. The molecule has 1 unspecified atom stereocenters. The molecule has 0 aliphatic heterocycles. The zero-order valence-corrected chi connectivity index (χ0v) is 10.5. The zero-order chi connectivity index (χ0) is 12.3. The van der Waals surface area contributed by atoms with Crippen LogP contribution >= 0.6 is 11.6 Å². The molecule has 2 aromatic rings. The maximum Gasteiger partial charge on any atom is 0.231 e. The Hall–Kier alpha value is -1.39. The van der Waals surface area contributed by atoms with Crippen molar-refractivity contribution in [2.24, 2.45) is 0 Å². The average Bonchev–Trinajstić information content (AvgIpc) is 2.80. The summed E-state index contributed by atoms with van der Waals surface area (Å²) in [6.07, 6.45) is 0.559. The monoisotopic (exact) mass is 251 g/mol. The minimum absolute atomic E-state index is 0.0822. The van der Waals surface area contributed by atoms with Crippen LogP contribution in [0.3, 0.4) is 0 Å². The van der Waals surface area contributed by atoms with Crippen molar-refractivity contribution < 1.29 is 4.52 Å². The summed E-state index contributed by atoms with van der Waals surface area (Å²) < 4.78 is 5.19. The molecule has 0 aliphatic carbocycles. The Morgan fingerprint density at radius 2 is 2.18 bits per heavy atom. The van der Waals surface area contributed by atoms with E-state index in [1.807, 2.05) is 38.2 Å². The second-order valence-corrected chi connectivity index (χ2v) is 4.23. The van der Waals surface area contributed by atoms with Crippen LogP contribution in [0.25, 0.3) is 0 Å². The third kappa shape index (κ3) is 2.84. The fourth-order valence-corrected chi connectivity index (χ4v) is 1.65. The van der Waals surface area contributed by atoms with Gasteiger partial charge in [0.05, 0.1) is 12.5 Å². The summed E-state index contributed by atoms with van der Waals surface area (Å²) in [4.78, 5) is 4.32. The van der Waals surface area contributed by atoms with E-state index in [9.17, 15) is 0 Å². The SMILES string of the molecule is CNC(C)c1noc(Cc2ccccc2Cl)n1. The standard InChI is InChI=1S/C12H14ClN3O/c1-8(14-2)12-15-11(17-16-12)7-9-5-3-4-6-10(9)13/h3-6,8,14H,7H2,1-2H3. The van der Waals surface area contributed by atoms with Crippen molar-refractivity contribution in [3.8, 4) is 0 Å². The molecule has 1 atom stereocenters. The van der Waals surface area contributed by atoms with E-state index >= 15 is 0 Å². The van der Waals surface area contributed by atoms with Gasteiger partial charge in [-0.2, -0.15) is 4.98 Å². The molecule has 1 heterocycles. The molecule has 2 rings (SSSR count). The summed E-state index contributed by atoms with van der Waals surface area (Å²) >= 11 is 6.07. The highest BCUT2D eigenvalue weighted by Crippen LogP contribution is 2.18. The van der Waals surface area contributed by atoms with E-state index in [1.54, 1.807) is 0 Å². The highest BCUT2D eigenvalue weighted by Gasteiger charge is 2.12. The molecule has 0 radical (unpaired) electrons. The summed E-state index contributed by atoms with van der Waals surface area (Å²) in [5.41, 5.74) is 0.987. The third-order valence-electron chi connectivity index (χ3n) is 2.60. The van der Waals surface area contributed by atoms with Gasteiger partial charge < -0.3 is 9.84 Å². The Balaban J connectivity index is 2.14. The van der Waals surface area contributed by atoms with Crippen molar-refractivity contribution >= 4 is 11.6 Å². The maximum absolute atomic E-state index is 6.07. The van der Waals surface area contributed by atoms with E-state index in [4.69, 9.17) is 16.1 Å².